The minimum absolute atomic E-state index is 0.0646. The van der Waals surface area contributed by atoms with Crippen LogP contribution >= 0.6 is 0 Å². The lowest BCUT2D eigenvalue weighted by Gasteiger charge is -2.19. The van der Waals surface area contributed by atoms with E-state index in [4.69, 9.17) is 15.2 Å². The van der Waals surface area contributed by atoms with Gasteiger partial charge in [-0.15, -0.1) is 13.2 Å². The zero-order valence-electron chi connectivity index (χ0n) is 19.0. The van der Waals surface area contributed by atoms with Gasteiger partial charge in [-0.2, -0.15) is 13.2 Å². The van der Waals surface area contributed by atoms with Crippen LogP contribution in [0.1, 0.15) is 32.0 Å². The minimum atomic E-state index is -5.00. The second kappa shape index (κ2) is 10.2. The number of nitrogens with zero attached hydrogens (tertiary/aromatic N) is 1. The van der Waals surface area contributed by atoms with Crippen molar-refractivity contribution >= 4 is 17.5 Å². The molecule has 37 heavy (non-hydrogen) atoms. The van der Waals surface area contributed by atoms with Crippen molar-refractivity contribution in [2.45, 2.75) is 19.5 Å². The molecule has 0 bridgehead atoms. The highest BCUT2D eigenvalue weighted by Gasteiger charge is 2.38. The van der Waals surface area contributed by atoms with Crippen molar-refractivity contribution in [3.8, 4) is 23.0 Å². The van der Waals surface area contributed by atoms with E-state index in [-0.39, 0.29) is 28.4 Å². The summed E-state index contributed by atoms with van der Waals surface area (Å²) in [6, 6.07) is 6.77. The van der Waals surface area contributed by atoms with Crippen LogP contribution in [0.15, 0.2) is 48.7 Å². The number of methoxy groups -OCH3 is 1. The molecule has 1 heterocycles. The van der Waals surface area contributed by atoms with Crippen molar-refractivity contribution in [3.05, 3.63) is 71.0 Å². The van der Waals surface area contributed by atoms with E-state index in [0.29, 0.717) is 0 Å². The molecule has 2 amide bonds. The van der Waals surface area contributed by atoms with Crippen LogP contribution in [0.5, 0.6) is 23.0 Å². The van der Waals surface area contributed by atoms with E-state index >= 15 is 0 Å². The number of ether oxygens (including phenoxy) is 3. The molecule has 0 saturated carbocycles. The summed E-state index contributed by atoms with van der Waals surface area (Å²) in [4.78, 5) is 28.1. The maximum absolute atomic E-state index is 13.9. The van der Waals surface area contributed by atoms with E-state index in [1.54, 1.807) is 0 Å². The molecule has 0 aliphatic heterocycles. The summed E-state index contributed by atoms with van der Waals surface area (Å²) in [6.07, 6.45) is -8.89. The number of halogens is 6. The number of aromatic nitrogens is 1. The molecule has 14 heteroatoms. The van der Waals surface area contributed by atoms with Crippen molar-refractivity contribution in [1.82, 2.24) is 4.98 Å². The van der Waals surface area contributed by atoms with E-state index in [1.165, 1.54) is 13.0 Å². The molecule has 0 saturated heterocycles. The lowest BCUT2D eigenvalue weighted by atomic mass is 10.0. The molecule has 3 rings (SSSR count). The van der Waals surface area contributed by atoms with Gasteiger partial charge in [0.15, 0.2) is 11.5 Å². The Bertz CT molecular complexity index is 1340. The van der Waals surface area contributed by atoms with Crippen LogP contribution in [-0.4, -0.2) is 30.3 Å². The van der Waals surface area contributed by atoms with E-state index < -0.39 is 47.0 Å². The van der Waals surface area contributed by atoms with Crippen LogP contribution in [0.4, 0.5) is 32.0 Å². The number of hydrogen-bond donors (Lipinski definition) is 2. The summed E-state index contributed by atoms with van der Waals surface area (Å²) >= 11 is 0. The molecule has 2 aromatic carbocycles. The predicted molar refractivity (Wildman–Crippen MR) is 117 cm³/mol. The Morgan fingerprint density at radius 2 is 1.65 bits per heavy atom. The van der Waals surface area contributed by atoms with E-state index in [9.17, 15) is 35.9 Å². The van der Waals surface area contributed by atoms with Gasteiger partial charge in [-0.1, -0.05) is 0 Å². The average molecular weight is 529 g/mol. The predicted octanol–water partition coefficient (Wildman–Crippen LogP) is 5.46. The van der Waals surface area contributed by atoms with Crippen molar-refractivity contribution < 1.29 is 50.1 Å². The third kappa shape index (κ3) is 6.80. The normalized spacial score (nSPS) is 11.6. The molecule has 0 spiro atoms. The first-order valence-corrected chi connectivity index (χ1v) is 10.1. The molecule has 3 aromatic rings. The summed E-state index contributed by atoms with van der Waals surface area (Å²) in [5.41, 5.74) is 2.59. The number of primary amides is 1. The van der Waals surface area contributed by atoms with Crippen LogP contribution in [0.3, 0.4) is 0 Å². The second-order valence-corrected chi connectivity index (χ2v) is 7.39. The summed E-state index contributed by atoms with van der Waals surface area (Å²) in [6.45, 7) is 1.32. The number of nitrogens with two attached hydrogens (primary N) is 1. The number of aryl methyl sites for hydroxylation is 1. The van der Waals surface area contributed by atoms with Gasteiger partial charge in [-0.05, 0) is 48.9 Å². The largest absolute Gasteiger partial charge is 0.573 e. The maximum atomic E-state index is 13.9. The van der Waals surface area contributed by atoms with Gasteiger partial charge in [0.2, 0.25) is 0 Å². The SMILES string of the molecule is COc1cc(OC(F)(F)F)ccc1Oc1cc(C)cc(C(F)(F)F)c1C(=O)Nc1ccnc(C(N)=O)c1. The Hall–Kier alpha value is -4.49. The number of benzene rings is 2. The fourth-order valence-electron chi connectivity index (χ4n) is 3.18. The fourth-order valence-corrected chi connectivity index (χ4v) is 3.18. The van der Waals surface area contributed by atoms with E-state index in [1.807, 2.05) is 0 Å². The molecule has 0 unspecified atom stereocenters. The van der Waals surface area contributed by atoms with Gasteiger partial charge in [0.25, 0.3) is 11.8 Å². The van der Waals surface area contributed by atoms with Gasteiger partial charge in [0.1, 0.15) is 17.2 Å². The number of carbonyl (C=O) groups is 2. The summed E-state index contributed by atoms with van der Waals surface area (Å²) in [5.74, 6) is -4.06. The van der Waals surface area contributed by atoms with Crippen molar-refractivity contribution in [2.24, 2.45) is 5.73 Å². The Morgan fingerprint density at radius 1 is 0.946 bits per heavy atom. The molecular weight excluding hydrogens is 512 g/mol. The first kappa shape index (κ1) is 27.1. The number of hydrogen-bond acceptors (Lipinski definition) is 6. The highest BCUT2D eigenvalue weighted by Crippen LogP contribution is 2.42. The molecule has 1 aromatic heterocycles. The Balaban J connectivity index is 2.08. The maximum Gasteiger partial charge on any atom is 0.573 e. The average Bonchev–Trinajstić information content (AvgIpc) is 2.78. The number of carbonyl (C=O) groups excluding carboxylic acids is 2. The van der Waals surface area contributed by atoms with E-state index in [2.05, 4.69) is 15.0 Å². The number of amides is 2. The molecule has 0 aliphatic carbocycles. The second-order valence-electron chi connectivity index (χ2n) is 7.39. The van der Waals surface area contributed by atoms with Crippen LogP contribution in [0.25, 0.3) is 0 Å². The quantitative estimate of drug-likeness (QED) is 0.393. The van der Waals surface area contributed by atoms with Crippen molar-refractivity contribution in [1.29, 1.82) is 0 Å². The monoisotopic (exact) mass is 529 g/mol. The number of rotatable bonds is 7. The van der Waals surface area contributed by atoms with Gasteiger partial charge >= 0.3 is 12.5 Å². The van der Waals surface area contributed by atoms with Crippen molar-refractivity contribution in [2.75, 3.05) is 12.4 Å². The number of nitrogens with one attached hydrogen (secondary N) is 1. The molecule has 8 nitrogen and oxygen atoms in total. The van der Waals surface area contributed by atoms with Crippen LogP contribution in [0.2, 0.25) is 0 Å². The Kier molecular flexibility index (Phi) is 7.50. The summed E-state index contributed by atoms with van der Waals surface area (Å²) in [5, 5.41) is 2.23. The highest BCUT2D eigenvalue weighted by atomic mass is 19.4. The van der Waals surface area contributed by atoms with Gasteiger partial charge in [-0.25, -0.2) is 0 Å². The van der Waals surface area contributed by atoms with Gasteiger partial charge < -0.3 is 25.3 Å². The number of alkyl halides is 6. The van der Waals surface area contributed by atoms with Crippen LogP contribution in [-0.2, 0) is 6.18 Å². The number of pyridine rings is 1. The zero-order valence-corrected chi connectivity index (χ0v) is 19.0. The lowest BCUT2D eigenvalue weighted by molar-refractivity contribution is -0.274. The fraction of sp³-hybridized carbons (Fsp3) is 0.174. The first-order chi connectivity index (χ1) is 17.2. The van der Waals surface area contributed by atoms with Crippen LogP contribution in [0, 0.1) is 6.92 Å². The lowest BCUT2D eigenvalue weighted by Crippen LogP contribution is -2.21. The smallest absolute Gasteiger partial charge is 0.493 e. The Morgan fingerprint density at radius 3 is 2.24 bits per heavy atom. The molecule has 0 fully saturated rings. The third-order valence-electron chi connectivity index (χ3n) is 4.64. The van der Waals surface area contributed by atoms with Crippen molar-refractivity contribution in [3.63, 3.8) is 0 Å². The third-order valence-corrected chi connectivity index (χ3v) is 4.64. The topological polar surface area (TPSA) is 113 Å². The zero-order chi connectivity index (χ0) is 27.5. The van der Waals surface area contributed by atoms with E-state index in [0.717, 1.165) is 49.7 Å². The highest BCUT2D eigenvalue weighted by molar-refractivity contribution is 6.08. The summed E-state index contributed by atoms with van der Waals surface area (Å²) < 4.78 is 93.7. The molecule has 0 atom stereocenters. The summed E-state index contributed by atoms with van der Waals surface area (Å²) in [7, 11) is 1.09. The minimum Gasteiger partial charge on any atom is -0.493 e. The molecule has 0 radical (unpaired) electrons. The Labute approximate surface area is 205 Å². The van der Waals surface area contributed by atoms with Gasteiger partial charge in [-0.3, -0.25) is 14.6 Å². The standard InChI is InChI=1S/C23H17F6N3O5/c1-11-7-14(22(24,25)26)19(21(34)32-12-5-6-31-15(9-12)20(30)33)18(8-11)36-16-4-3-13(10-17(16)35-2)37-23(27,28)29/h3-10H,1-2H3,(H2,30,33)(H,31,32,34). The number of anilines is 1. The molecule has 196 valence electrons. The molecule has 3 N–H and O–H groups in total. The molecule has 0 aliphatic rings. The molecular formula is C23H17F6N3O5. The first-order valence-electron chi connectivity index (χ1n) is 10.1. The van der Waals surface area contributed by atoms with Gasteiger partial charge in [0, 0.05) is 18.0 Å². The van der Waals surface area contributed by atoms with Gasteiger partial charge in [0.05, 0.1) is 18.2 Å². The van der Waals surface area contributed by atoms with Crippen LogP contribution < -0.4 is 25.3 Å².